The Kier molecular flexibility index (Phi) is 6.79. The molecule has 3 rings (SSSR count). The van der Waals surface area contributed by atoms with Crippen molar-refractivity contribution in [2.75, 3.05) is 10.7 Å². The molecular formula is C19H22N4O3S2. The lowest BCUT2D eigenvalue weighted by Crippen LogP contribution is -2.32. The second kappa shape index (κ2) is 9.29. The van der Waals surface area contributed by atoms with E-state index in [0.29, 0.717) is 28.0 Å². The molecule has 1 heterocycles. The van der Waals surface area contributed by atoms with E-state index >= 15 is 0 Å². The van der Waals surface area contributed by atoms with E-state index in [1.54, 1.807) is 17.0 Å². The molecule has 9 heteroatoms. The van der Waals surface area contributed by atoms with Gasteiger partial charge in [0.1, 0.15) is 0 Å². The van der Waals surface area contributed by atoms with E-state index in [4.69, 9.17) is 0 Å². The average molecular weight is 419 g/mol. The summed E-state index contributed by atoms with van der Waals surface area (Å²) in [5.74, 6) is 0.223. The van der Waals surface area contributed by atoms with Crippen LogP contribution in [0.3, 0.4) is 0 Å². The van der Waals surface area contributed by atoms with Crippen molar-refractivity contribution < 1.29 is 14.4 Å². The highest BCUT2D eigenvalue weighted by molar-refractivity contribution is 8.01. The van der Waals surface area contributed by atoms with Crippen LogP contribution < -0.4 is 10.2 Å². The van der Waals surface area contributed by atoms with Gasteiger partial charge in [-0.25, -0.2) is 0 Å². The van der Waals surface area contributed by atoms with Gasteiger partial charge in [0.2, 0.25) is 16.9 Å². The van der Waals surface area contributed by atoms with Gasteiger partial charge >= 0.3 is 0 Å². The lowest BCUT2D eigenvalue weighted by Gasteiger charge is -2.17. The van der Waals surface area contributed by atoms with Gasteiger partial charge in [0.15, 0.2) is 10.1 Å². The van der Waals surface area contributed by atoms with E-state index in [-0.39, 0.29) is 29.4 Å². The summed E-state index contributed by atoms with van der Waals surface area (Å²) in [6, 6.07) is 7.44. The quantitative estimate of drug-likeness (QED) is 0.382. The SMILES string of the molecule is CCC(=O)N(c1nnc(SCC(=O)c2ccc(CNC(C)=O)cc2)s1)C1CC1. The molecule has 2 aromatic rings. The van der Waals surface area contributed by atoms with E-state index in [0.717, 1.165) is 18.4 Å². The molecule has 0 unspecified atom stereocenters. The Bertz CT molecular complexity index is 862. The number of carbonyl (C=O) groups excluding carboxylic acids is 3. The standard InChI is InChI=1S/C19H22N4O3S2/c1-3-17(26)23(15-8-9-15)18-21-22-19(28-18)27-11-16(25)14-6-4-13(5-7-14)10-20-12(2)24/h4-7,15H,3,8-11H2,1-2H3,(H,20,24). The fraction of sp³-hybridized carbons (Fsp3) is 0.421. The van der Waals surface area contributed by atoms with Crippen molar-refractivity contribution in [3.8, 4) is 0 Å². The highest BCUT2D eigenvalue weighted by Crippen LogP contribution is 2.36. The number of hydrogen-bond acceptors (Lipinski definition) is 7. The van der Waals surface area contributed by atoms with Crippen molar-refractivity contribution in [3.63, 3.8) is 0 Å². The molecule has 1 N–H and O–H groups in total. The van der Waals surface area contributed by atoms with Crippen molar-refractivity contribution in [3.05, 3.63) is 35.4 Å². The first-order valence-corrected chi connectivity index (χ1v) is 10.9. The van der Waals surface area contributed by atoms with Gasteiger partial charge in [0, 0.05) is 31.5 Å². The number of rotatable bonds is 9. The summed E-state index contributed by atoms with van der Waals surface area (Å²) >= 11 is 2.69. The minimum Gasteiger partial charge on any atom is -0.352 e. The van der Waals surface area contributed by atoms with E-state index in [1.165, 1.54) is 30.0 Å². The fourth-order valence-corrected chi connectivity index (χ4v) is 4.40. The third kappa shape index (κ3) is 5.39. The van der Waals surface area contributed by atoms with Crippen LogP contribution in [-0.2, 0) is 16.1 Å². The van der Waals surface area contributed by atoms with Crippen LogP contribution in [0.5, 0.6) is 0 Å². The number of nitrogens with zero attached hydrogens (tertiary/aromatic N) is 3. The van der Waals surface area contributed by atoms with Crippen molar-refractivity contribution in [2.24, 2.45) is 0 Å². The van der Waals surface area contributed by atoms with Crippen LogP contribution in [0.4, 0.5) is 5.13 Å². The van der Waals surface area contributed by atoms with Gasteiger partial charge in [-0.05, 0) is 18.4 Å². The molecule has 0 radical (unpaired) electrons. The Hall–Kier alpha value is -2.26. The summed E-state index contributed by atoms with van der Waals surface area (Å²) in [5.41, 5.74) is 1.55. The molecular weight excluding hydrogens is 396 g/mol. The summed E-state index contributed by atoms with van der Waals surface area (Å²) in [7, 11) is 0. The van der Waals surface area contributed by atoms with Crippen LogP contribution in [0, 0.1) is 0 Å². The van der Waals surface area contributed by atoms with Gasteiger partial charge in [0.25, 0.3) is 0 Å². The Balaban J connectivity index is 1.55. The number of Topliss-reactive ketones (excluding diaryl/α,β-unsaturated/α-hetero) is 1. The van der Waals surface area contributed by atoms with Crippen molar-refractivity contribution in [1.82, 2.24) is 15.5 Å². The molecule has 1 aromatic heterocycles. The molecule has 1 aliphatic rings. The smallest absolute Gasteiger partial charge is 0.228 e. The minimum atomic E-state index is -0.0890. The van der Waals surface area contributed by atoms with E-state index < -0.39 is 0 Å². The van der Waals surface area contributed by atoms with Crippen LogP contribution >= 0.6 is 23.1 Å². The fourth-order valence-electron chi connectivity index (χ4n) is 2.57. The number of nitrogens with one attached hydrogen (secondary N) is 1. The summed E-state index contributed by atoms with van der Waals surface area (Å²) in [4.78, 5) is 37.3. The monoisotopic (exact) mass is 418 g/mol. The highest BCUT2D eigenvalue weighted by Gasteiger charge is 2.35. The maximum absolute atomic E-state index is 12.4. The zero-order valence-electron chi connectivity index (χ0n) is 15.8. The van der Waals surface area contributed by atoms with Crippen LogP contribution in [-0.4, -0.2) is 39.6 Å². The number of aromatic nitrogens is 2. The van der Waals surface area contributed by atoms with Crippen molar-refractivity contribution in [2.45, 2.75) is 50.0 Å². The molecule has 0 saturated heterocycles. The Morgan fingerprint density at radius 2 is 1.93 bits per heavy atom. The van der Waals surface area contributed by atoms with Crippen LogP contribution in [0.15, 0.2) is 28.6 Å². The van der Waals surface area contributed by atoms with E-state index in [9.17, 15) is 14.4 Å². The molecule has 0 bridgehead atoms. The van der Waals surface area contributed by atoms with Crippen LogP contribution in [0.2, 0.25) is 0 Å². The molecule has 0 aliphatic heterocycles. The maximum atomic E-state index is 12.4. The number of anilines is 1. The van der Waals surface area contributed by atoms with E-state index in [2.05, 4.69) is 15.5 Å². The molecule has 0 atom stereocenters. The highest BCUT2D eigenvalue weighted by atomic mass is 32.2. The Morgan fingerprint density at radius 1 is 1.21 bits per heavy atom. The zero-order valence-corrected chi connectivity index (χ0v) is 17.4. The first-order chi connectivity index (χ1) is 13.5. The third-order valence-electron chi connectivity index (χ3n) is 4.23. The number of ketones is 1. The third-order valence-corrected chi connectivity index (χ3v) is 6.29. The molecule has 0 spiro atoms. The average Bonchev–Trinajstić information content (AvgIpc) is 3.42. The van der Waals surface area contributed by atoms with Crippen LogP contribution in [0.25, 0.3) is 0 Å². The molecule has 28 heavy (non-hydrogen) atoms. The van der Waals surface area contributed by atoms with Gasteiger partial charge in [-0.3, -0.25) is 19.3 Å². The minimum absolute atomic E-state index is 0.00323. The first kappa shape index (κ1) is 20.5. The summed E-state index contributed by atoms with van der Waals surface area (Å²) in [6.45, 7) is 3.75. The molecule has 1 aromatic carbocycles. The second-order valence-electron chi connectivity index (χ2n) is 6.52. The van der Waals surface area contributed by atoms with Gasteiger partial charge in [-0.15, -0.1) is 10.2 Å². The number of thioether (sulfide) groups is 1. The normalized spacial score (nSPS) is 13.2. The zero-order chi connectivity index (χ0) is 20.1. The number of carbonyl (C=O) groups is 3. The summed E-state index contributed by atoms with van der Waals surface area (Å²) in [6.07, 6.45) is 2.45. The van der Waals surface area contributed by atoms with Gasteiger partial charge in [-0.1, -0.05) is 54.3 Å². The number of benzene rings is 1. The Morgan fingerprint density at radius 3 is 2.54 bits per heavy atom. The van der Waals surface area contributed by atoms with Gasteiger partial charge < -0.3 is 5.32 Å². The number of amides is 2. The van der Waals surface area contributed by atoms with Gasteiger partial charge in [0.05, 0.1) is 5.75 Å². The van der Waals surface area contributed by atoms with Gasteiger partial charge in [-0.2, -0.15) is 0 Å². The Labute approximate surface area is 171 Å². The molecule has 1 saturated carbocycles. The largest absolute Gasteiger partial charge is 0.352 e. The lowest BCUT2D eigenvalue weighted by molar-refractivity contribution is -0.119. The molecule has 1 fully saturated rings. The molecule has 148 valence electrons. The molecule has 7 nitrogen and oxygen atoms in total. The maximum Gasteiger partial charge on any atom is 0.228 e. The molecule has 2 amide bonds. The van der Waals surface area contributed by atoms with Crippen molar-refractivity contribution >= 4 is 45.8 Å². The van der Waals surface area contributed by atoms with Crippen LogP contribution in [0.1, 0.15) is 49.0 Å². The predicted octanol–water partition coefficient (Wildman–Crippen LogP) is 3.05. The number of hydrogen-bond donors (Lipinski definition) is 1. The second-order valence-corrected chi connectivity index (χ2v) is 8.70. The summed E-state index contributed by atoms with van der Waals surface area (Å²) < 4.78 is 0.681. The molecule has 1 aliphatic carbocycles. The van der Waals surface area contributed by atoms with Crippen molar-refractivity contribution in [1.29, 1.82) is 0 Å². The van der Waals surface area contributed by atoms with E-state index in [1.807, 2.05) is 19.1 Å². The summed E-state index contributed by atoms with van der Waals surface area (Å²) in [5, 5.41) is 11.6. The topological polar surface area (TPSA) is 92.3 Å². The predicted molar refractivity (Wildman–Crippen MR) is 110 cm³/mol. The lowest BCUT2D eigenvalue weighted by atomic mass is 10.1. The first-order valence-electron chi connectivity index (χ1n) is 9.13.